The van der Waals surface area contributed by atoms with Crippen molar-refractivity contribution in [2.24, 2.45) is 0 Å². The third-order valence-electron chi connectivity index (χ3n) is 2.61. The van der Waals surface area contributed by atoms with Gasteiger partial charge in [-0.15, -0.1) is 0 Å². The lowest BCUT2D eigenvalue weighted by Gasteiger charge is -2.05. The van der Waals surface area contributed by atoms with Gasteiger partial charge in [0, 0.05) is 21.2 Å². The third-order valence-corrected chi connectivity index (χ3v) is 3.14. The van der Waals surface area contributed by atoms with E-state index < -0.39 is 0 Å². The highest BCUT2D eigenvalue weighted by Crippen LogP contribution is 2.31. The quantitative estimate of drug-likeness (QED) is 0.415. The minimum absolute atomic E-state index is 0.500. The summed E-state index contributed by atoms with van der Waals surface area (Å²) < 4.78 is 0. The van der Waals surface area contributed by atoms with Crippen LogP contribution in [0.5, 0.6) is 0 Å². The first kappa shape index (κ1) is 9.88. The molecule has 1 nitrogen and oxygen atoms in total. The number of fused-ring (bicyclic) bond motifs is 3. The lowest BCUT2D eigenvalue weighted by atomic mass is 10.1. The summed E-state index contributed by atoms with van der Waals surface area (Å²) in [4.78, 5) is 4.35. The van der Waals surface area contributed by atoms with Crippen molar-refractivity contribution in [1.29, 1.82) is 0 Å². The molecule has 0 saturated carbocycles. The SMILES string of the molecule is Clc1ccc2cc(Cl)c3ccccc3c2n1. The van der Waals surface area contributed by atoms with Crippen molar-refractivity contribution in [2.45, 2.75) is 0 Å². The highest BCUT2D eigenvalue weighted by Gasteiger charge is 2.05. The molecule has 1 heterocycles. The standard InChI is InChI=1S/C13H7Cl2N/c14-11-7-8-5-6-12(15)16-13(8)10-4-2-1-3-9(10)11/h1-7H. The number of pyridine rings is 1. The monoisotopic (exact) mass is 247 g/mol. The summed E-state index contributed by atoms with van der Waals surface area (Å²) in [5, 5.41) is 4.29. The van der Waals surface area contributed by atoms with Gasteiger partial charge in [-0.3, -0.25) is 0 Å². The highest BCUT2D eigenvalue weighted by molar-refractivity contribution is 6.37. The molecule has 0 aliphatic rings. The van der Waals surface area contributed by atoms with Crippen LogP contribution >= 0.6 is 23.2 Å². The van der Waals surface area contributed by atoms with Crippen molar-refractivity contribution < 1.29 is 0 Å². The molecule has 0 saturated heterocycles. The van der Waals surface area contributed by atoms with Crippen LogP contribution in [0, 0.1) is 0 Å². The second-order valence-electron chi connectivity index (χ2n) is 3.61. The van der Waals surface area contributed by atoms with Crippen LogP contribution in [0.3, 0.4) is 0 Å². The molecule has 0 atom stereocenters. The average Bonchev–Trinajstić information content (AvgIpc) is 2.31. The number of hydrogen-bond donors (Lipinski definition) is 0. The van der Waals surface area contributed by atoms with Crippen LogP contribution in [0.4, 0.5) is 0 Å². The molecular weight excluding hydrogens is 241 g/mol. The summed E-state index contributed by atoms with van der Waals surface area (Å²) in [6.07, 6.45) is 0. The van der Waals surface area contributed by atoms with Gasteiger partial charge in [-0.2, -0.15) is 0 Å². The van der Waals surface area contributed by atoms with Crippen molar-refractivity contribution in [3.63, 3.8) is 0 Å². The largest absolute Gasteiger partial charge is 0.235 e. The maximum absolute atomic E-state index is 6.22. The molecule has 0 radical (unpaired) electrons. The molecule has 0 N–H and O–H groups in total. The predicted octanol–water partition coefficient (Wildman–Crippen LogP) is 4.69. The molecule has 0 unspecified atom stereocenters. The second-order valence-corrected chi connectivity index (χ2v) is 4.40. The van der Waals surface area contributed by atoms with E-state index in [1.165, 1.54) is 0 Å². The maximum Gasteiger partial charge on any atom is 0.129 e. The van der Waals surface area contributed by atoms with Gasteiger partial charge in [0.05, 0.1) is 5.52 Å². The fraction of sp³-hybridized carbons (Fsp3) is 0. The normalized spacial score (nSPS) is 11.1. The molecule has 0 spiro atoms. The van der Waals surface area contributed by atoms with Gasteiger partial charge in [-0.1, -0.05) is 47.5 Å². The Labute approximate surface area is 103 Å². The molecule has 1 aromatic heterocycles. The van der Waals surface area contributed by atoms with Crippen LogP contribution in [0.15, 0.2) is 42.5 Å². The Kier molecular flexibility index (Phi) is 2.23. The maximum atomic E-state index is 6.22. The van der Waals surface area contributed by atoms with E-state index in [0.29, 0.717) is 5.15 Å². The Hall–Kier alpha value is -1.31. The van der Waals surface area contributed by atoms with Crippen LogP contribution < -0.4 is 0 Å². The Morgan fingerprint density at radius 2 is 1.62 bits per heavy atom. The van der Waals surface area contributed by atoms with Crippen LogP contribution in [0.1, 0.15) is 0 Å². The second kappa shape index (κ2) is 3.62. The molecular formula is C13H7Cl2N. The van der Waals surface area contributed by atoms with E-state index in [1.807, 2.05) is 36.4 Å². The molecule has 0 aliphatic heterocycles. The van der Waals surface area contributed by atoms with Crippen molar-refractivity contribution >= 4 is 44.9 Å². The zero-order valence-corrected chi connectivity index (χ0v) is 9.76. The average molecular weight is 248 g/mol. The lowest BCUT2D eigenvalue weighted by Crippen LogP contribution is -1.83. The zero-order valence-electron chi connectivity index (χ0n) is 8.24. The van der Waals surface area contributed by atoms with E-state index in [-0.39, 0.29) is 0 Å². The van der Waals surface area contributed by atoms with Crippen molar-refractivity contribution in [3.8, 4) is 0 Å². The number of aromatic nitrogens is 1. The van der Waals surface area contributed by atoms with Crippen LogP contribution in [-0.2, 0) is 0 Å². The summed E-state index contributed by atoms with van der Waals surface area (Å²) in [7, 11) is 0. The highest BCUT2D eigenvalue weighted by atomic mass is 35.5. The fourth-order valence-electron chi connectivity index (χ4n) is 1.89. The first-order valence-electron chi connectivity index (χ1n) is 4.89. The minimum atomic E-state index is 0.500. The first-order chi connectivity index (χ1) is 7.75. The number of nitrogens with zero attached hydrogens (tertiary/aromatic N) is 1. The fourth-order valence-corrected chi connectivity index (χ4v) is 2.32. The van der Waals surface area contributed by atoms with Gasteiger partial charge in [0.25, 0.3) is 0 Å². The van der Waals surface area contributed by atoms with E-state index in [4.69, 9.17) is 23.2 Å². The molecule has 0 fully saturated rings. The van der Waals surface area contributed by atoms with Gasteiger partial charge < -0.3 is 0 Å². The Bertz CT molecular complexity index is 692. The summed E-state index contributed by atoms with van der Waals surface area (Å²) >= 11 is 12.1. The molecule has 0 amide bonds. The third kappa shape index (κ3) is 1.44. The van der Waals surface area contributed by atoms with Gasteiger partial charge in [0.2, 0.25) is 0 Å². The number of benzene rings is 2. The summed E-state index contributed by atoms with van der Waals surface area (Å²) in [5.74, 6) is 0. The van der Waals surface area contributed by atoms with E-state index in [0.717, 1.165) is 26.7 Å². The number of hydrogen-bond acceptors (Lipinski definition) is 1. The lowest BCUT2D eigenvalue weighted by molar-refractivity contribution is 1.43. The Morgan fingerprint density at radius 1 is 0.875 bits per heavy atom. The van der Waals surface area contributed by atoms with Gasteiger partial charge in [-0.25, -0.2) is 4.98 Å². The zero-order chi connectivity index (χ0) is 11.1. The minimum Gasteiger partial charge on any atom is -0.235 e. The van der Waals surface area contributed by atoms with E-state index >= 15 is 0 Å². The van der Waals surface area contributed by atoms with E-state index in [2.05, 4.69) is 4.98 Å². The number of halogens is 2. The van der Waals surface area contributed by atoms with Crippen molar-refractivity contribution in [3.05, 3.63) is 52.6 Å². The van der Waals surface area contributed by atoms with E-state index in [1.54, 1.807) is 6.07 Å². The van der Waals surface area contributed by atoms with E-state index in [9.17, 15) is 0 Å². The number of rotatable bonds is 0. The molecule has 0 aliphatic carbocycles. The Morgan fingerprint density at radius 3 is 2.44 bits per heavy atom. The van der Waals surface area contributed by atoms with Crippen molar-refractivity contribution in [2.75, 3.05) is 0 Å². The van der Waals surface area contributed by atoms with Crippen LogP contribution in [-0.4, -0.2) is 4.98 Å². The molecule has 0 bridgehead atoms. The van der Waals surface area contributed by atoms with Gasteiger partial charge >= 0.3 is 0 Å². The summed E-state index contributed by atoms with van der Waals surface area (Å²) in [5.41, 5.74) is 0.896. The van der Waals surface area contributed by atoms with Gasteiger partial charge in [0.15, 0.2) is 0 Å². The molecule has 16 heavy (non-hydrogen) atoms. The van der Waals surface area contributed by atoms with Crippen molar-refractivity contribution in [1.82, 2.24) is 4.98 Å². The first-order valence-corrected chi connectivity index (χ1v) is 5.65. The summed E-state index contributed by atoms with van der Waals surface area (Å²) in [6.45, 7) is 0. The predicted molar refractivity (Wildman–Crippen MR) is 69.3 cm³/mol. The van der Waals surface area contributed by atoms with Gasteiger partial charge in [-0.05, 0) is 18.2 Å². The van der Waals surface area contributed by atoms with Gasteiger partial charge in [0.1, 0.15) is 5.15 Å². The molecule has 3 rings (SSSR count). The van der Waals surface area contributed by atoms with Crippen LogP contribution in [0.2, 0.25) is 10.2 Å². The molecule has 2 aromatic carbocycles. The molecule has 3 heteroatoms. The topological polar surface area (TPSA) is 12.9 Å². The molecule has 3 aromatic rings. The van der Waals surface area contributed by atoms with Crippen LogP contribution in [0.25, 0.3) is 21.7 Å². The smallest absolute Gasteiger partial charge is 0.129 e. The Balaban J connectivity index is 2.61. The molecule has 78 valence electrons. The summed E-state index contributed by atoms with van der Waals surface area (Å²) in [6, 6.07) is 13.6.